The third-order valence-electron chi connectivity index (χ3n) is 2.27. The molecule has 0 aliphatic heterocycles. The summed E-state index contributed by atoms with van der Waals surface area (Å²) in [5, 5.41) is 0.640. The van der Waals surface area contributed by atoms with Crippen LogP contribution in [-0.2, 0) is 0 Å². The summed E-state index contributed by atoms with van der Waals surface area (Å²) in [5.41, 5.74) is 6.94. The van der Waals surface area contributed by atoms with Gasteiger partial charge in [-0.05, 0) is 55.6 Å². The molecular weight excluding hydrogens is 392 g/mol. The molecule has 17 heavy (non-hydrogen) atoms. The van der Waals surface area contributed by atoms with E-state index in [-0.39, 0.29) is 11.9 Å². The minimum Gasteiger partial charge on any atom is -0.320 e. The Morgan fingerprint density at radius 2 is 2.00 bits per heavy atom. The molecule has 0 aliphatic carbocycles. The maximum Gasteiger partial charge on any atom is 0.137 e. The highest BCUT2D eigenvalue weighted by atomic mass is 79.9. The molecule has 2 rings (SSSR count). The normalized spacial score (nSPS) is 12.8. The molecule has 2 aromatic rings. The van der Waals surface area contributed by atoms with Crippen molar-refractivity contribution in [3.63, 3.8) is 0 Å². The van der Waals surface area contributed by atoms with Gasteiger partial charge in [-0.15, -0.1) is 11.3 Å². The summed E-state index contributed by atoms with van der Waals surface area (Å²) in [6, 6.07) is 6.26. The van der Waals surface area contributed by atoms with E-state index < -0.39 is 0 Å². The fraction of sp³-hybridized carbons (Fsp3) is 0.0909. The van der Waals surface area contributed by atoms with Crippen molar-refractivity contribution in [3.05, 3.63) is 53.8 Å². The standard InChI is InChI=1S/C11H7Br2ClFNS/c12-6-3-5(1-2-8(6)15)10(16)9-4-7(14)11(13)17-9/h1-4,10H,16H2. The quantitative estimate of drug-likeness (QED) is 0.746. The monoisotopic (exact) mass is 397 g/mol. The molecule has 0 spiro atoms. The zero-order valence-electron chi connectivity index (χ0n) is 8.38. The number of thiophene rings is 1. The van der Waals surface area contributed by atoms with E-state index in [0.717, 1.165) is 14.2 Å². The molecule has 0 aliphatic rings. The number of hydrogen-bond donors (Lipinski definition) is 1. The molecule has 0 saturated heterocycles. The van der Waals surface area contributed by atoms with Crippen molar-refractivity contribution in [2.45, 2.75) is 6.04 Å². The Balaban J connectivity index is 2.36. The van der Waals surface area contributed by atoms with Crippen LogP contribution in [0.15, 0.2) is 32.5 Å². The Labute approximate surface area is 124 Å². The van der Waals surface area contributed by atoms with Crippen LogP contribution in [0, 0.1) is 5.82 Å². The van der Waals surface area contributed by atoms with Gasteiger partial charge in [0.25, 0.3) is 0 Å². The lowest BCUT2D eigenvalue weighted by Crippen LogP contribution is -2.10. The summed E-state index contributed by atoms with van der Waals surface area (Å²) < 4.78 is 14.4. The molecule has 1 aromatic heterocycles. The van der Waals surface area contributed by atoms with E-state index in [0.29, 0.717) is 9.50 Å². The Morgan fingerprint density at radius 1 is 1.29 bits per heavy atom. The molecule has 90 valence electrons. The molecule has 0 saturated carbocycles. The van der Waals surface area contributed by atoms with E-state index in [1.54, 1.807) is 12.1 Å². The van der Waals surface area contributed by atoms with Crippen LogP contribution in [0.4, 0.5) is 4.39 Å². The Kier molecular flexibility index (Phi) is 4.26. The van der Waals surface area contributed by atoms with Crippen LogP contribution in [0.25, 0.3) is 0 Å². The second kappa shape index (κ2) is 5.36. The predicted octanol–water partition coefficient (Wildman–Crippen LogP) is 5.11. The van der Waals surface area contributed by atoms with Crippen molar-refractivity contribution >= 4 is 54.8 Å². The maximum atomic E-state index is 13.1. The van der Waals surface area contributed by atoms with Gasteiger partial charge in [0.2, 0.25) is 0 Å². The van der Waals surface area contributed by atoms with Crippen LogP contribution in [0.5, 0.6) is 0 Å². The average molecular weight is 400 g/mol. The minimum atomic E-state index is -0.305. The fourth-order valence-electron chi connectivity index (χ4n) is 1.39. The molecule has 6 heteroatoms. The topological polar surface area (TPSA) is 26.0 Å². The summed E-state index contributed by atoms with van der Waals surface area (Å²) in [5.74, 6) is -0.300. The zero-order valence-corrected chi connectivity index (χ0v) is 13.1. The van der Waals surface area contributed by atoms with Gasteiger partial charge in [-0.1, -0.05) is 17.7 Å². The lowest BCUT2D eigenvalue weighted by atomic mass is 10.1. The SMILES string of the molecule is NC(c1ccc(F)c(Br)c1)c1cc(Cl)c(Br)s1. The Bertz CT molecular complexity index is 539. The first kappa shape index (κ1) is 13.5. The van der Waals surface area contributed by atoms with Crippen molar-refractivity contribution in [2.75, 3.05) is 0 Å². The van der Waals surface area contributed by atoms with Gasteiger partial charge >= 0.3 is 0 Å². The molecule has 1 nitrogen and oxygen atoms in total. The molecule has 2 N–H and O–H groups in total. The van der Waals surface area contributed by atoms with Crippen molar-refractivity contribution in [1.29, 1.82) is 0 Å². The fourth-order valence-corrected chi connectivity index (χ4v) is 3.56. The van der Waals surface area contributed by atoms with Crippen molar-refractivity contribution in [2.24, 2.45) is 5.73 Å². The zero-order chi connectivity index (χ0) is 12.6. The van der Waals surface area contributed by atoms with E-state index in [1.165, 1.54) is 17.4 Å². The number of halogens is 4. The van der Waals surface area contributed by atoms with Crippen LogP contribution >= 0.6 is 54.8 Å². The smallest absolute Gasteiger partial charge is 0.137 e. The minimum absolute atomic E-state index is 0.300. The predicted molar refractivity (Wildman–Crippen MR) is 77.2 cm³/mol. The number of hydrogen-bond acceptors (Lipinski definition) is 2. The second-order valence-corrected chi connectivity index (χ2v) is 7.08. The van der Waals surface area contributed by atoms with Crippen molar-refractivity contribution < 1.29 is 4.39 Å². The molecular formula is C11H7Br2ClFNS. The number of benzene rings is 1. The van der Waals surface area contributed by atoms with Gasteiger partial charge in [0.1, 0.15) is 5.82 Å². The highest BCUT2D eigenvalue weighted by Gasteiger charge is 2.15. The van der Waals surface area contributed by atoms with Crippen LogP contribution < -0.4 is 5.73 Å². The summed E-state index contributed by atoms with van der Waals surface area (Å²) in [4.78, 5) is 0.931. The van der Waals surface area contributed by atoms with Crippen molar-refractivity contribution in [3.8, 4) is 0 Å². The lowest BCUT2D eigenvalue weighted by Gasteiger charge is -2.10. The summed E-state index contributed by atoms with van der Waals surface area (Å²) in [7, 11) is 0. The first-order chi connectivity index (χ1) is 7.99. The lowest BCUT2D eigenvalue weighted by molar-refractivity contribution is 0.619. The molecule has 0 amide bonds. The molecule has 0 radical (unpaired) electrons. The second-order valence-electron chi connectivity index (χ2n) is 3.42. The highest BCUT2D eigenvalue weighted by Crippen LogP contribution is 2.36. The third-order valence-corrected chi connectivity index (χ3v) is 5.44. The van der Waals surface area contributed by atoms with Crippen LogP contribution in [-0.4, -0.2) is 0 Å². The first-order valence-corrected chi connectivity index (χ1v) is 7.42. The third kappa shape index (κ3) is 2.90. The van der Waals surface area contributed by atoms with Crippen LogP contribution in [0.1, 0.15) is 16.5 Å². The molecule has 0 fully saturated rings. The van der Waals surface area contributed by atoms with E-state index >= 15 is 0 Å². The largest absolute Gasteiger partial charge is 0.320 e. The van der Waals surface area contributed by atoms with Gasteiger partial charge in [-0.3, -0.25) is 0 Å². The molecule has 1 heterocycles. The first-order valence-electron chi connectivity index (χ1n) is 4.64. The van der Waals surface area contributed by atoms with Gasteiger partial charge in [-0.25, -0.2) is 4.39 Å². The molecule has 0 bridgehead atoms. The maximum absolute atomic E-state index is 13.1. The highest BCUT2D eigenvalue weighted by molar-refractivity contribution is 9.11. The number of nitrogens with two attached hydrogens (primary N) is 1. The molecule has 1 unspecified atom stereocenters. The van der Waals surface area contributed by atoms with E-state index in [9.17, 15) is 4.39 Å². The van der Waals surface area contributed by atoms with Gasteiger partial charge in [-0.2, -0.15) is 0 Å². The van der Waals surface area contributed by atoms with Crippen LogP contribution in [0.2, 0.25) is 5.02 Å². The van der Waals surface area contributed by atoms with E-state index in [1.807, 2.05) is 6.07 Å². The van der Waals surface area contributed by atoms with Crippen molar-refractivity contribution in [1.82, 2.24) is 0 Å². The molecule has 1 aromatic carbocycles. The van der Waals surface area contributed by atoms with Crippen LogP contribution in [0.3, 0.4) is 0 Å². The average Bonchev–Trinajstić information content (AvgIpc) is 2.62. The van der Waals surface area contributed by atoms with Gasteiger partial charge < -0.3 is 5.73 Å². The summed E-state index contributed by atoms with van der Waals surface area (Å²) >= 11 is 13.9. The van der Waals surface area contributed by atoms with Gasteiger partial charge in [0, 0.05) is 4.88 Å². The Morgan fingerprint density at radius 3 is 2.53 bits per heavy atom. The summed E-state index contributed by atoms with van der Waals surface area (Å²) in [6.07, 6.45) is 0. The Hall–Kier alpha value is 0.0600. The number of rotatable bonds is 2. The summed E-state index contributed by atoms with van der Waals surface area (Å²) in [6.45, 7) is 0. The van der Waals surface area contributed by atoms with Gasteiger partial charge in [0.15, 0.2) is 0 Å². The molecule has 1 atom stereocenters. The van der Waals surface area contributed by atoms with Gasteiger partial charge in [0.05, 0.1) is 19.3 Å². The van der Waals surface area contributed by atoms with E-state index in [2.05, 4.69) is 31.9 Å². The van der Waals surface area contributed by atoms with E-state index in [4.69, 9.17) is 17.3 Å².